The summed E-state index contributed by atoms with van der Waals surface area (Å²) < 4.78 is 5.36. The fraction of sp³-hybridized carbons (Fsp3) is 0.600. The number of benzene rings is 1. The molecule has 0 bridgehead atoms. The van der Waals surface area contributed by atoms with Crippen LogP contribution in [0.25, 0.3) is 0 Å². The zero-order chi connectivity index (χ0) is 23.0. The topological polar surface area (TPSA) is 82.3 Å². The number of hydrogen-bond donors (Lipinski definition) is 3. The van der Waals surface area contributed by atoms with Crippen LogP contribution in [0.3, 0.4) is 0 Å². The van der Waals surface area contributed by atoms with E-state index >= 15 is 0 Å². The molecule has 1 aromatic heterocycles. The number of H-pyrrole nitrogens is 1. The minimum absolute atomic E-state index is 0.0310. The van der Waals surface area contributed by atoms with Crippen molar-refractivity contribution in [3.8, 4) is 5.75 Å². The van der Waals surface area contributed by atoms with Crippen molar-refractivity contribution in [3.63, 3.8) is 0 Å². The van der Waals surface area contributed by atoms with Crippen LogP contribution in [0.1, 0.15) is 62.6 Å². The van der Waals surface area contributed by atoms with Gasteiger partial charge in [-0.2, -0.15) is 5.10 Å². The van der Waals surface area contributed by atoms with Gasteiger partial charge in [0, 0.05) is 43.4 Å². The Bertz CT molecular complexity index is 744. The first-order valence-electron chi connectivity index (χ1n) is 11.9. The lowest BCUT2D eigenvalue weighted by Crippen LogP contribution is -2.27. The molecule has 3 N–H and O–H groups in total. The number of aromatic nitrogens is 2. The number of likely N-dealkylation sites (N-methyl/N-ethyl adjacent to an activating group) is 2. The average molecular weight is 444 g/mol. The summed E-state index contributed by atoms with van der Waals surface area (Å²) in [5, 5.41) is 13.4. The van der Waals surface area contributed by atoms with Gasteiger partial charge in [0.15, 0.2) is 0 Å². The van der Waals surface area contributed by atoms with Crippen LogP contribution in [-0.2, 0) is 11.3 Å². The molecule has 1 fully saturated rings. The van der Waals surface area contributed by atoms with Gasteiger partial charge < -0.3 is 20.3 Å². The molecule has 0 atom stereocenters. The monoisotopic (exact) mass is 443 g/mol. The van der Waals surface area contributed by atoms with Crippen LogP contribution in [0.15, 0.2) is 36.5 Å². The summed E-state index contributed by atoms with van der Waals surface area (Å²) in [5.74, 6) is 1.55. The second-order valence-electron chi connectivity index (χ2n) is 8.35. The highest BCUT2D eigenvalue weighted by molar-refractivity contribution is 5.75. The molecular weight excluding hydrogens is 402 g/mol. The highest BCUT2D eigenvalue weighted by Gasteiger charge is 2.20. The van der Waals surface area contributed by atoms with Gasteiger partial charge in [-0.05, 0) is 46.0 Å². The first-order chi connectivity index (χ1) is 15.6. The maximum Gasteiger partial charge on any atom is 0.223 e. The van der Waals surface area contributed by atoms with E-state index in [4.69, 9.17) is 4.74 Å². The van der Waals surface area contributed by atoms with Gasteiger partial charge in [-0.1, -0.05) is 37.5 Å². The van der Waals surface area contributed by atoms with Crippen LogP contribution in [0.2, 0.25) is 0 Å². The first kappa shape index (κ1) is 25.9. The Kier molecular flexibility index (Phi) is 12.5. The molecule has 0 aliphatic heterocycles. The molecule has 178 valence electrons. The molecule has 1 heterocycles. The first-order valence-corrected chi connectivity index (χ1v) is 11.9. The maximum absolute atomic E-state index is 11.0. The van der Waals surface area contributed by atoms with E-state index in [1.165, 1.54) is 43.4 Å². The summed E-state index contributed by atoms with van der Waals surface area (Å²) in [5.41, 5.74) is 2.78. The number of amides is 1. The second kappa shape index (κ2) is 15.4. The SMILES string of the molecule is CCNC(=O)CCOc1ccccc1.CNCCN(C)Cc1cn[nH]c1C1CCCCC1. The van der Waals surface area contributed by atoms with Crippen LogP contribution >= 0.6 is 0 Å². The van der Waals surface area contributed by atoms with Crippen molar-refractivity contribution in [2.45, 2.75) is 57.9 Å². The van der Waals surface area contributed by atoms with Crippen molar-refractivity contribution in [1.29, 1.82) is 0 Å². The molecule has 3 rings (SSSR count). The molecule has 0 unspecified atom stereocenters. The fourth-order valence-corrected chi connectivity index (χ4v) is 3.93. The molecular formula is C25H41N5O2. The number of aromatic amines is 1. The molecule has 1 saturated carbocycles. The van der Waals surface area contributed by atoms with E-state index in [1.807, 2.05) is 50.5 Å². The van der Waals surface area contributed by atoms with E-state index in [9.17, 15) is 4.79 Å². The number of nitrogens with one attached hydrogen (secondary N) is 3. The predicted molar refractivity (Wildman–Crippen MR) is 130 cm³/mol. The average Bonchev–Trinajstić information content (AvgIpc) is 3.27. The van der Waals surface area contributed by atoms with Crippen LogP contribution < -0.4 is 15.4 Å². The second-order valence-corrected chi connectivity index (χ2v) is 8.35. The van der Waals surface area contributed by atoms with E-state index in [0.717, 1.165) is 25.4 Å². The summed E-state index contributed by atoms with van der Waals surface area (Å²) in [6.07, 6.45) is 9.23. The van der Waals surface area contributed by atoms with Gasteiger partial charge in [-0.25, -0.2) is 0 Å². The molecule has 1 aliphatic carbocycles. The van der Waals surface area contributed by atoms with Gasteiger partial charge in [0.05, 0.1) is 19.2 Å². The lowest BCUT2D eigenvalue weighted by molar-refractivity contribution is -0.121. The normalized spacial score (nSPS) is 14.0. The third-order valence-corrected chi connectivity index (χ3v) is 5.66. The third-order valence-electron chi connectivity index (χ3n) is 5.66. The molecule has 1 aliphatic rings. The smallest absolute Gasteiger partial charge is 0.223 e. The highest BCUT2D eigenvalue weighted by Crippen LogP contribution is 2.33. The number of rotatable bonds is 11. The zero-order valence-corrected chi connectivity index (χ0v) is 20.0. The molecule has 7 nitrogen and oxygen atoms in total. The van der Waals surface area contributed by atoms with Crippen molar-refractivity contribution >= 4 is 5.91 Å². The minimum atomic E-state index is 0.0310. The van der Waals surface area contributed by atoms with Crippen LogP contribution in [0, 0.1) is 0 Å². The Morgan fingerprint density at radius 1 is 1.22 bits per heavy atom. The summed E-state index contributed by atoms with van der Waals surface area (Å²) >= 11 is 0. The highest BCUT2D eigenvalue weighted by atomic mass is 16.5. The number of nitrogens with zero attached hydrogens (tertiary/aromatic N) is 2. The standard InChI is InChI=1S/C14H26N4.C11H15NO2/c1-15-8-9-18(2)11-13-10-16-17-14(13)12-6-4-3-5-7-12;1-2-12-11(13)8-9-14-10-6-4-3-5-7-10/h10,12,15H,3-9,11H2,1-2H3,(H,16,17);3-7H,2,8-9H2,1H3,(H,12,13). The van der Waals surface area contributed by atoms with Gasteiger partial charge in [-0.3, -0.25) is 9.89 Å². The molecule has 7 heteroatoms. The van der Waals surface area contributed by atoms with Crippen molar-refractivity contribution in [1.82, 2.24) is 25.7 Å². The molecule has 0 saturated heterocycles. The van der Waals surface area contributed by atoms with E-state index < -0.39 is 0 Å². The quantitative estimate of drug-likeness (QED) is 0.493. The molecule has 1 aromatic carbocycles. The largest absolute Gasteiger partial charge is 0.493 e. The molecule has 32 heavy (non-hydrogen) atoms. The van der Waals surface area contributed by atoms with E-state index in [2.05, 4.69) is 32.8 Å². The third kappa shape index (κ3) is 9.83. The van der Waals surface area contributed by atoms with Crippen molar-refractivity contribution < 1.29 is 9.53 Å². The van der Waals surface area contributed by atoms with E-state index in [0.29, 0.717) is 25.5 Å². The summed E-state index contributed by atoms with van der Waals surface area (Å²) in [6, 6.07) is 9.48. The fourth-order valence-electron chi connectivity index (χ4n) is 3.93. The number of ether oxygens (including phenoxy) is 1. The molecule has 2 aromatic rings. The molecule has 0 spiro atoms. The van der Waals surface area contributed by atoms with Gasteiger partial charge >= 0.3 is 0 Å². The lowest BCUT2D eigenvalue weighted by atomic mass is 9.85. The number of para-hydroxylation sites is 1. The predicted octanol–water partition coefficient (Wildman–Crippen LogP) is 3.70. The summed E-state index contributed by atoms with van der Waals surface area (Å²) in [7, 11) is 4.17. The van der Waals surface area contributed by atoms with Crippen LogP contribution in [0.4, 0.5) is 0 Å². The van der Waals surface area contributed by atoms with Crippen molar-refractivity contribution in [3.05, 3.63) is 47.8 Å². The molecule has 1 amide bonds. The zero-order valence-electron chi connectivity index (χ0n) is 20.0. The van der Waals surface area contributed by atoms with Crippen LogP contribution in [0.5, 0.6) is 5.75 Å². The van der Waals surface area contributed by atoms with E-state index in [1.54, 1.807) is 0 Å². The Labute approximate surface area is 193 Å². The Morgan fingerprint density at radius 3 is 2.66 bits per heavy atom. The summed E-state index contributed by atoms with van der Waals surface area (Å²) in [4.78, 5) is 13.4. The van der Waals surface area contributed by atoms with Crippen LogP contribution in [-0.4, -0.2) is 61.3 Å². The van der Waals surface area contributed by atoms with Gasteiger partial charge in [0.2, 0.25) is 5.91 Å². The minimum Gasteiger partial charge on any atom is -0.493 e. The number of hydrogen-bond acceptors (Lipinski definition) is 5. The summed E-state index contributed by atoms with van der Waals surface area (Å²) in [6.45, 7) is 6.11. The van der Waals surface area contributed by atoms with Gasteiger partial charge in [-0.15, -0.1) is 0 Å². The van der Waals surface area contributed by atoms with Crippen molar-refractivity contribution in [2.24, 2.45) is 0 Å². The lowest BCUT2D eigenvalue weighted by Gasteiger charge is -2.23. The van der Waals surface area contributed by atoms with E-state index in [-0.39, 0.29) is 5.91 Å². The Hall–Kier alpha value is -2.38. The number of carbonyl (C=O) groups is 1. The number of carbonyl (C=O) groups excluding carboxylic acids is 1. The Morgan fingerprint density at radius 2 is 1.97 bits per heavy atom. The Balaban J connectivity index is 0.000000235. The van der Waals surface area contributed by atoms with Gasteiger partial charge in [0.1, 0.15) is 5.75 Å². The maximum atomic E-state index is 11.0. The van der Waals surface area contributed by atoms with Gasteiger partial charge in [0.25, 0.3) is 0 Å². The van der Waals surface area contributed by atoms with Crippen molar-refractivity contribution in [2.75, 3.05) is 40.3 Å². The molecule has 0 radical (unpaired) electrons.